The summed E-state index contributed by atoms with van der Waals surface area (Å²) in [7, 11) is 0. The van der Waals surface area contributed by atoms with E-state index in [0.717, 1.165) is 37.1 Å². The summed E-state index contributed by atoms with van der Waals surface area (Å²) in [6.45, 7) is 3.63. The van der Waals surface area contributed by atoms with Gasteiger partial charge in [-0.2, -0.15) is 0 Å². The summed E-state index contributed by atoms with van der Waals surface area (Å²) in [6, 6.07) is 13.5. The molecule has 148 valence electrons. The molecule has 0 N–H and O–H groups in total. The molecule has 7 heteroatoms. The van der Waals surface area contributed by atoms with Gasteiger partial charge in [0.05, 0.1) is 17.0 Å². The molecule has 1 fully saturated rings. The van der Waals surface area contributed by atoms with Crippen LogP contribution in [0.25, 0.3) is 5.57 Å². The van der Waals surface area contributed by atoms with E-state index in [1.807, 2.05) is 36.1 Å². The van der Waals surface area contributed by atoms with E-state index >= 15 is 0 Å². The highest BCUT2D eigenvalue weighted by Gasteiger charge is 2.42. The van der Waals surface area contributed by atoms with Crippen molar-refractivity contribution in [3.63, 3.8) is 0 Å². The number of hydrogen-bond donors (Lipinski definition) is 0. The predicted molar refractivity (Wildman–Crippen MR) is 108 cm³/mol. The van der Waals surface area contributed by atoms with Crippen LogP contribution in [0, 0.1) is 17.0 Å². The lowest BCUT2D eigenvalue weighted by molar-refractivity contribution is -0.384. The molecule has 2 heterocycles. The molecule has 2 amide bonds. The van der Waals surface area contributed by atoms with Crippen LogP contribution >= 0.6 is 0 Å². The molecule has 0 aliphatic carbocycles. The van der Waals surface area contributed by atoms with Crippen LogP contribution in [0.1, 0.15) is 29.5 Å². The number of imide groups is 1. The van der Waals surface area contributed by atoms with Crippen molar-refractivity contribution >= 4 is 23.1 Å². The zero-order valence-electron chi connectivity index (χ0n) is 16.1. The number of carbonyl (C=O) groups is 2. The van der Waals surface area contributed by atoms with Gasteiger partial charge in [0.1, 0.15) is 5.70 Å². The second-order valence-corrected chi connectivity index (χ2v) is 7.40. The molecule has 0 atom stereocenters. The minimum atomic E-state index is -0.481. The van der Waals surface area contributed by atoms with Crippen molar-refractivity contribution in [2.75, 3.05) is 13.1 Å². The summed E-state index contributed by atoms with van der Waals surface area (Å²) in [4.78, 5) is 40.2. The third-order valence-electron chi connectivity index (χ3n) is 5.39. The molecule has 2 aromatic rings. The Labute approximate surface area is 168 Å². The number of carbonyl (C=O) groups excluding carboxylic acids is 2. The molecule has 7 nitrogen and oxygen atoms in total. The van der Waals surface area contributed by atoms with Crippen LogP contribution in [0.15, 0.2) is 54.2 Å². The van der Waals surface area contributed by atoms with Crippen molar-refractivity contribution in [1.82, 2.24) is 9.80 Å². The van der Waals surface area contributed by atoms with E-state index in [-0.39, 0.29) is 24.0 Å². The Morgan fingerprint density at radius 1 is 0.931 bits per heavy atom. The van der Waals surface area contributed by atoms with Crippen LogP contribution < -0.4 is 0 Å². The minimum Gasteiger partial charge on any atom is -0.366 e. The normalized spacial score (nSPS) is 16.9. The number of nitro benzene ring substituents is 1. The highest BCUT2D eigenvalue weighted by molar-refractivity contribution is 6.35. The van der Waals surface area contributed by atoms with Gasteiger partial charge in [0.2, 0.25) is 0 Å². The van der Waals surface area contributed by atoms with Crippen LogP contribution in [0.3, 0.4) is 0 Å². The van der Waals surface area contributed by atoms with E-state index in [0.29, 0.717) is 16.8 Å². The Hall–Kier alpha value is -3.48. The lowest BCUT2D eigenvalue weighted by Crippen LogP contribution is -2.34. The van der Waals surface area contributed by atoms with Crippen molar-refractivity contribution in [3.8, 4) is 0 Å². The van der Waals surface area contributed by atoms with Crippen molar-refractivity contribution in [2.45, 2.75) is 26.3 Å². The maximum absolute atomic E-state index is 13.3. The molecule has 2 aromatic carbocycles. The molecule has 4 rings (SSSR count). The Balaban J connectivity index is 1.72. The number of likely N-dealkylation sites (tertiary alicyclic amines) is 1. The van der Waals surface area contributed by atoms with E-state index < -0.39 is 4.92 Å². The van der Waals surface area contributed by atoms with Gasteiger partial charge in [0.25, 0.3) is 17.5 Å². The van der Waals surface area contributed by atoms with Gasteiger partial charge in [-0.25, -0.2) is 0 Å². The number of aryl methyl sites for hydroxylation is 1. The summed E-state index contributed by atoms with van der Waals surface area (Å²) < 4.78 is 0. The molecule has 0 aromatic heterocycles. The lowest BCUT2D eigenvalue weighted by Gasteiger charge is -2.20. The first-order chi connectivity index (χ1) is 14.0. The fourth-order valence-corrected chi connectivity index (χ4v) is 3.83. The molecule has 0 spiro atoms. The molecule has 0 bridgehead atoms. The van der Waals surface area contributed by atoms with E-state index in [2.05, 4.69) is 0 Å². The van der Waals surface area contributed by atoms with Gasteiger partial charge < -0.3 is 4.90 Å². The number of amides is 2. The highest BCUT2D eigenvalue weighted by Crippen LogP contribution is 2.34. The summed E-state index contributed by atoms with van der Waals surface area (Å²) in [5.41, 5.74) is 3.21. The first-order valence-electron chi connectivity index (χ1n) is 9.61. The SMILES string of the molecule is Cc1ccc(CN2C(=O)C(c3ccc([N+](=O)[O-])cc3)=C(N3CCCC3)C2=O)cc1. The Morgan fingerprint density at radius 3 is 2.14 bits per heavy atom. The maximum Gasteiger partial charge on any atom is 0.278 e. The number of nitrogens with zero attached hydrogens (tertiary/aromatic N) is 3. The molecular weight excluding hydrogens is 370 g/mol. The van der Waals surface area contributed by atoms with Crippen molar-refractivity contribution in [1.29, 1.82) is 0 Å². The molecule has 0 unspecified atom stereocenters. The second kappa shape index (κ2) is 7.50. The predicted octanol–water partition coefficient (Wildman–Crippen LogP) is 3.28. The van der Waals surface area contributed by atoms with Crippen LogP contribution in [0.4, 0.5) is 5.69 Å². The monoisotopic (exact) mass is 391 g/mol. The first-order valence-corrected chi connectivity index (χ1v) is 9.61. The van der Waals surface area contributed by atoms with Crippen LogP contribution in [-0.2, 0) is 16.1 Å². The van der Waals surface area contributed by atoms with Gasteiger partial charge in [-0.3, -0.25) is 24.6 Å². The Morgan fingerprint density at radius 2 is 1.55 bits per heavy atom. The van der Waals surface area contributed by atoms with E-state index in [4.69, 9.17) is 0 Å². The van der Waals surface area contributed by atoms with E-state index in [1.54, 1.807) is 12.1 Å². The minimum absolute atomic E-state index is 0.0506. The fraction of sp³-hybridized carbons (Fsp3) is 0.273. The average molecular weight is 391 g/mol. The second-order valence-electron chi connectivity index (χ2n) is 7.40. The molecule has 29 heavy (non-hydrogen) atoms. The van der Waals surface area contributed by atoms with Crippen molar-refractivity contribution in [3.05, 3.63) is 81.0 Å². The standard InChI is InChI=1S/C22H21N3O4/c1-15-4-6-16(7-5-15)14-24-21(26)19(17-8-10-18(11-9-17)25(28)29)20(22(24)27)23-12-2-3-13-23/h4-11H,2-3,12-14H2,1H3. The zero-order chi connectivity index (χ0) is 20.5. The fourth-order valence-electron chi connectivity index (χ4n) is 3.83. The zero-order valence-corrected chi connectivity index (χ0v) is 16.1. The Bertz CT molecular complexity index is 1000. The largest absolute Gasteiger partial charge is 0.366 e. The van der Waals surface area contributed by atoms with E-state index in [1.165, 1.54) is 17.0 Å². The van der Waals surface area contributed by atoms with Crippen LogP contribution in [0.2, 0.25) is 0 Å². The molecule has 2 aliphatic heterocycles. The van der Waals surface area contributed by atoms with Gasteiger partial charge in [0.15, 0.2) is 0 Å². The number of hydrogen-bond acceptors (Lipinski definition) is 5. The van der Waals surface area contributed by atoms with Crippen LogP contribution in [0.5, 0.6) is 0 Å². The number of nitro groups is 1. The molecule has 0 radical (unpaired) electrons. The highest BCUT2D eigenvalue weighted by atomic mass is 16.6. The first kappa shape index (κ1) is 18.9. The van der Waals surface area contributed by atoms with E-state index in [9.17, 15) is 19.7 Å². The molecular formula is C22H21N3O4. The molecule has 2 aliphatic rings. The summed E-state index contributed by atoms with van der Waals surface area (Å²) in [5.74, 6) is -0.655. The van der Waals surface area contributed by atoms with Gasteiger partial charge in [-0.05, 0) is 43.0 Å². The Kier molecular flexibility index (Phi) is 4.88. The van der Waals surface area contributed by atoms with Crippen molar-refractivity contribution in [2.24, 2.45) is 0 Å². The quantitative estimate of drug-likeness (QED) is 0.444. The third kappa shape index (κ3) is 3.51. The number of non-ortho nitro benzene ring substituents is 1. The summed E-state index contributed by atoms with van der Waals surface area (Å²) >= 11 is 0. The maximum atomic E-state index is 13.3. The smallest absolute Gasteiger partial charge is 0.278 e. The number of benzene rings is 2. The average Bonchev–Trinajstić information content (AvgIpc) is 3.32. The third-order valence-corrected chi connectivity index (χ3v) is 5.39. The van der Waals surface area contributed by atoms with Gasteiger partial charge in [-0.1, -0.05) is 29.8 Å². The lowest BCUT2D eigenvalue weighted by atomic mass is 10.0. The topological polar surface area (TPSA) is 83.8 Å². The van der Waals surface area contributed by atoms with Gasteiger partial charge >= 0.3 is 0 Å². The van der Waals surface area contributed by atoms with Crippen LogP contribution in [-0.4, -0.2) is 39.6 Å². The van der Waals surface area contributed by atoms with Gasteiger partial charge in [-0.15, -0.1) is 0 Å². The van der Waals surface area contributed by atoms with Gasteiger partial charge in [0, 0.05) is 25.2 Å². The summed E-state index contributed by atoms with van der Waals surface area (Å²) in [6.07, 6.45) is 1.94. The van der Waals surface area contributed by atoms with Crippen molar-refractivity contribution < 1.29 is 14.5 Å². The molecule has 0 saturated carbocycles. The number of rotatable bonds is 5. The summed E-state index contributed by atoms with van der Waals surface area (Å²) in [5, 5.41) is 11.0. The molecule has 1 saturated heterocycles.